The molecule has 1 amide bonds. The van der Waals surface area contributed by atoms with E-state index in [1.807, 2.05) is 12.4 Å². The van der Waals surface area contributed by atoms with Gasteiger partial charge in [0.15, 0.2) is 0 Å². The van der Waals surface area contributed by atoms with E-state index in [1.54, 1.807) is 0 Å². The molecule has 1 fully saturated rings. The molecule has 1 aliphatic rings. The number of carbonyl (C=O) groups excluding carboxylic acids is 1. The largest absolute Gasteiger partial charge is 0.344 e. The van der Waals surface area contributed by atoms with E-state index >= 15 is 0 Å². The van der Waals surface area contributed by atoms with Crippen LogP contribution in [0.15, 0.2) is 16.9 Å². The normalized spacial score (nSPS) is 16.4. The lowest BCUT2D eigenvalue weighted by atomic mass is 9.87. The number of anilines is 1. The van der Waals surface area contributed by atoms with E-state index in [4.69, 9.17) is 11.5 Å². The van der Waals surface area contributed by atoms with E-state index in [0.29, 0.717) is 12.5 Å². The third-order valence-corrected chi connectivity index (χ3v) is 6.01. The van der Waals surface area contributed by atoms with E-state index in [0.717, 1.165) is 66.1 Å². The van der Waals surface area contributed by atoms with Gasteiger partial charge in [-0.15, -0.1) is 0 Å². The van der Waals surface area contributed by atoms with Crippen LogP contribution in [-0.4, -0.2) is 28.5 Å². The maximum Gasteiger partial charge on any atom is 0.227 e. The zero-order valence-corrected chi connectivity index (χ0v) is 17.5. The van der Waals surface area contributed by atoms with Gasteiger partial charge in [0.2, 0.25) is 5.91 Å². The zero-order valence-electron chi connectivity index (χ0n) is 15.9. The van der Waals surface area contributed by atoms with Gasteiger partial charge in [0.25, 0.3) is 0 Å². The monoisotopic (exact) mass is 435 g/mol. The third kappa shape index (κ3) is 4.89. The van der Waals surface area contributed by atoms with Gasteiger partial charge < -0.3 is 21.8 Å². The number of hydrogen-bond donors (Lipinski definition) is 4. The van der Waals surface area contributed by atoms with Crippen LogP contribution in [-0.2, 0) is 4.79 Å². The number of hydrogen-bond acceptors (Lipinski definition) is 4. The van der Waals surface area contributed by atoms with E-state index in [1.165, 1.54) is 5.56 Å². The number of carbonyl (C=O) groups is 1. The fourth-order valence-electron chi connectivity index (χ4n) is 3.70. The number of nitrogens with two attached hydrogens (primary N) is 2. The number of nitrogens with one attached hydrogen (secondary N) is 2. The molecule has 1 saturated carbocycles. The first-order valence-corrected chi connectivity index (χ1v) is 10.8. The highest BCUT2D eigenvalue weighted by Gasteiger charge is 2.30. The summed E-state index contributed by atoms with van der Waals surface area (Å²) >= 11 is 3.72. The summed E-state index contributed by atoms with van der Waals surface area (Å²) in [6.45, 7) is 2.73. The quantitative estimate of drug-likeness (QED) is 0.451. The van der Waals surface area contributed by atoms with Crippen LogP contribution >= 0.6 is 15.9 Å². The van der Waals surface area contributed by atoms with Crippen molar-refractivity contribution in [2.24, 2.45) is 17.4 Å². The van der Waals surface area contributed by atoms with Crippen molar-refractivity contribution >= 4 is 38.6 Å². The van der Waals surface area contributed by atoms with Crippen molar-refractivity contribution in [3.63, 3.8) is 0 Å². The van der Waals surface area contributed by atoms with Crippen molar-refractivity contribution in [3.05, 3.63) is 22.4 Å². The molecular formula is C20H30BrN5O. The molecular weight excluding hydrogens is 406 g/mol. The lowest BCUT2D eigenvalue weighted by Crippen LogP contribution is -2.29. The van der Waals surface area contributed by atoms with E-state index < -0.39 is 0 Å². The summed E-state index contributed by atoms with van der Waals surface area (Å²) in [5.41, 5.74) is 14.5. The number of rotatable bonds is 10. The molecule has 0 bridgehead atoms. The third-order valence-electron chi connectivity index (χ3n) is 5.37. The lowest BCUT2D eigenvalue weighted by molar-refractivity contribution is -0.117. The summed E-state index contributed by atoms with van der Waals surface area (Å²) in [6, 6.07) is 0.0637. The van der Waals surface area contributed by atoms with Crippen molar-refractivity contribution in [1.29, 1.82) is 0 Å². The summed E-state index contributed by atoms with van der Waals surface area (Å²) in [5, 5.41) is 4.14. The number of pyridine rings is 1. The zero-order chi connectivity index (χ0) is 19.4. The van der Waals surface area contributed by atoms with Gasteiger partial charge in [-0.2, -0.15) is 0 Å². The number of amides is 1. The summed E-state index contributed by atoms with van der Waals surface area (Å²) in [6.07, 6.45) is 10.9. The van der Waals surface area contributed by atoms with E-state index in [9.17, 15) is 4.79 Å². The highest BCUT2D eigenvalue weighted by atomic mass is 79.9. The Kier molecular flexibility index (Phi) is 6.89. The van der Waals surface area contributed by atoms with Crippen LogP contribution in [0.3, 0.4) is 0 Å². The number of aromatic amines is 1. The molecule has 1 unspecified atom stereocenters. The van der Waals surface area contributed by atoms with E-state index in [2.05, 4.69) is 38.1 Å². The minimum atomic E-state index is 0.0637. The highest BCUT2D eigenvalue weighted by Crippen LogP contribution is 2.40. The van der Waals surface area contributed by atoms with Gasteiger partial charge in [0, 0.05) is 40.8 Å². The molecule has 1 aliphatic carbocycles. The Hall–Kier alpha value is -1.44. The van der Waals surface area contributed by atoms with E-state index in [-0.39, 0.29) is 17.9 Å². The Morgan fingerprint density at radius 2 is 2.19 bits per heavy atom. The minimum Gasteiger partial charge on any atom is -0.344 e. The van der Waals surface area contributed by atoms with Crippen LogP contribution in [0.5, 0.6) is 0 Å². The first-order chi connectivity index (χ1) is 13.0. The van der Waals surface area contributed by atoms with Crippen LogP contribution in [0.4, 0.5) is 5.69 Å². The minimum absolute atomic E-state index is 0.0637. The molecule has 6 nitrogen and oxygen atoms in total. The van der Waals surface area contributed by atoms with Crippen LogP contribution in [0, 0.1) is 5.92 Å². The summed E-state index contributed by atoms with van der Waals surface area (Å²) in [7, 11) is 0. The second-order valence-corrected chi connectivity index (χ2v) is 8.48. The van der Waals surface area contributed by atoms with Crippen molar-refractivity contribution < 1.29 is 4.79 Å². The SMILES string of the molecule is CCCC(CCC[C@H](N)CN)c1c(Br)cnc2[nH]cc(NC(=O)C3CC3)c12. The number of aromatic nitrogens is 2. The molecule has 2 aromatic heterocycles. The predicted octanol–water partition coefficient (Wildman–Crippen LogP) is 4.01. The van der Waals surface area contributed by atoms with Crippen molar-refractivity contribution in [1.82, 2.24) is 9.97 Å². The fourth-order valence-corrected chi connectivity index (χ4v) is 4.33. The Morgan fingerprint density at radius 3 is 2.85 bits per heavy atom. The Balaban J connectivity index is 1.90. The Morgan fingerprint density at radius 1 is 1.41 bits per heavy atom. The lowest BCUT2D eigenvalue weighted by Gasteiger charge is -2.21. The van der Waals surface area contributed by atoms with Crippen LogP contribution in [0.25, 0.3) is 11.0 Å². The molecule has 0 radical (unpaired) electrons. The van der Waals surface area contributed by atoms with Gasteiger partial charge in [-0.25, -0.2) is 4.98 Å². The Labute approximate surface area is 169 Å². The molecule has 0 aliphatic heterocycles. The van der Waals surface area contributed by atoms with Crippen molar-refractivity contribution in [2.75, 3.05) is 11.9 Å². The van der Waals surface area contributed by atoms with Gasteiger partial charge in [0.1, 0.15) is 5.65 Å². The summed E-state index contributed by atoms with van der Waals surface area (Å²) in [5.74, 6) is 0.665. The highest BCUT2D eigenvalue weighted by molar-refractivity contribution is 9.10. The fraction of sp³-hybridized carbons (Fsp3) is 0.600. The first-order valence-electron chi connectivity index (χ1n) is 9.97. The standard InChI is InChI=1S/C20H30BrN5O/c1-2-4-12(5-3-6-14(23)9-22)17-15(21)10-24-19-18(17)16(11-25-19)26-20(27)13-7-8-13/h10-14H,2-9,22-23H2,1H3,(H,24,25)(H,26,27)/t12?,14-/m0/s1. The molecule has 27 heavy (non-hydrogen) atoms. The van der Waals surface area contributed by atoms with Crippen molar-refractivity contribution in [3.8, 4) is 0 Å². The second kappa shape index (κ2) is 9.17. The average molecular weight is 436 g/mol. The van der Waals surface area contributed by atoms with Gasteiger partial charge >= 0.3 is 0 Å². The molecule has 2 heterocycles. The van der Waals surface area contributed by atoms with Crippen LogP contribution in [0.1, 0.15) is 63.4 Å². The van der Waals surface area contributed by atoms with Crippen LogP contribution < -0.4 is 16.8 Å². The average Bonchev–Trinajstić information content (AvgIpc) is 3.44. The van der Waals surface area contributed by atoms with Gasteiger partial charge in [0.05, 0.1) is 5.69 Å². The van der Waals surface area contributed by atoms with Gasteiger partial charge in [-0.1, -0.05) is 19.8 Å². The van der Waals surface area contributed by atoms with Gasteiger partial charge in [-0.3, -0.25) is 4.79 Å². The maximum absolute atomic E-state index is 12.3. The molecule has 2 aromatic rings. The summed E-state index contributed by atoms with van der Waals surface area (Å²) in [4.78, 5) is 20.0. The number of H-pyrrole nitrogens is 1. The number of nitrogens with zero attached hydrogens (tertiary/aromatic N) is 1. The molecule has 7 heteroatoms. The number of halogens is 1. The molecule has 2 atom stereocenters. The van der Waals surface area contributed by atoms with Gasteiger partial charge in [-0.05, 0) is 59.5 Å². The first kappa shape index (κ1) is 20.3. The molecule has 6 N–H and O–H groups in total. The van der Waals surface area contributed by atoms with Crippen LogP contribution in [0.2, 0.25) is 0 Å². The molecule has 0 spiro atoms. The predicted molar refractivity (Wildman–Crippen MR) is 114 cm³/mol. The smallest absolute Gasteiger partial charge is 0.227 e. The molecule has 3 rings (SSSR count). The molecule has 148 valence electrons. The Bertz CT molecular complexity index is 786. The molecule has 0 saturated heterocycles. The van der Waals surface area contributed by atoms with Crippen molar-refractivity contribution in [2.45, 2.75) is 63.8 Å². The second-order valence-electron chi connectivity index (χ2n) is 7.62. The molecule has 0 aromatic carbocycles. The maximum atomic E-state index is 12.3. The summed E-state index contributed by atoms with van der Waals surface area (Å²) < 4.78 is 0.998. The topological polar surface area (TPSA) is 110 Å². The number of fused-ring (bicyclic) bond motifs is 1.